The number of halogens is 1. The van der Waals surface area contributed by atoms with Gasteiger partial charge in [0, 0.05) is 12.0 Å². The molecule has 0 aliphatic carbocycles. The highest BCUT2D eigenvalue weighted by Gasteiger charge is 2.14. The van der Waals surface area contributed by atoms with Crippen molar-refractivity contribution in [2.24, 2.45) is 5.92 Å². The van der Waals surface area contributed by atoms with Crippen LogP contribution in [0.4, 0.5) is 10.3 Å². The summed E-state index contributed by atoms with van der Waals surface area (Å²) in [6, 6.07) is 7.47. The summed E-state index contributed by atoms with van der Waals surface area (Å²) in [5.74, 6) is 0.651. The van der Waals surface area contributed by atoms with Crippen LogP contribution in [-0.4, -0.2) is 31.3 Å². The average molecular weight is 328 g/mol. The molecule has 3 rings (SSSR count). The van der Waals surface area contributed by atoms with Gasteiger partial charge in [-0.15, -0.1) is 5.10 Å². The number of rotatable bonds is 5. The summed E-state index contributed by atoms with van der Waals surface area (Å²) < 4.78 is 12.9. The van der Waals surface area contributed by atoms with Gasteiger partial charge in [-0.1, -0.05) is 13.8 Å². The van der Waals surface area contributed by atoms with Crippen LogP contribution in [0.2, 0.25) is 0 Å². The van der Waals surface area contributed by atoms with Gasteiger partial charge in [-0.05, 0) is 36.2 Å². The van der Waals surface area contributed by atoms with Crippen LogP contribution < -0.4 is 5.32 Å². The Hall–Kier alpha value is -3.03. The predicted molar refractivity (Wildman–Crippen MR) is 86.9 cm³/mol. The molecule has 0 aliphatic rings. The molecule has 3 N–H and O–H groups in total. The van der Waals surface area contributed by atoms with E-state index in [9.17, 15) is 9.18 Å². The summed E-state index contributed by atoms with van der Waals surface area (Å²) in [5, 5.41) is 16.1. The number of aromatic nitrogens is 5. The first-order valence-corrected chi connectivity index (χ1v) is 7.55. The number of nitrogens with zero attached hydrogens (tertiary/aromatic N) is 3. The number of anilines is 1. The van der Waals surface area contributed by atoms with Crippen LogP contribution in [-0.2, 0) is 6.42 Å². The fourth-order valence-electron chi connectivity index (χ4n) is 2.20. The summed E-state index contributed by atoms with van der Waals surface area (Å²) >= 11 is 0. The molecule has 0 fully saturated rings. The van der Waals surface area contributed by atoms with Crippen molar-refractivity contribution >= 4 is 11.9 Å². The van der Waals surface area contributed by atoms with Crippen molar-refractivity contribution in [3.8, 4) is 11.3 Å². The first-order valence-electron chi connectivity index (χ1n) is 7.55. The monoisotopic (exact) mass is 328 g/mol. The Morgan fingerprint density at radius 1 is 1.21 bits per heavy atom. The number of carbonyl (C=O) groups is 1. The first-order chi connectivity index (χ1) is 11.5. The molecule has 0 saturated carbocycles. The van der Waals surface area contributed by atoms with Gasteiger partial charge in [0.25, 0.3) is 5.91 Å². The number of amides is 1. The molecule has 1 aromatic carbocycles. The number of hydrogen-bond acceptors (Lipinski definition) is 4. The number of hydrogen-bond donors (Lipinski definition) is 3. The van der Waals surface area contributed by atoms with Crippen molar-refractivity contribution < 1.29 is 9.18 Å². The number of benzene rings is 1. The van der Waals surface area contributed by atoms with Crippen LogP contribution in [0.15, 0.2) is 30.3 Å². The van der Waals surface area contributed by atoms with Crippen LogP contribution in [0.3, 0.4) is 0 Å². The number of carbonyl (C=O) groups excluding carboxylic acids is 1. The lowest BCUT2D eigenvalue weighted by molar-refractivity contribution is 0.102. The van der Waals surface area contributed by atoms with Gasteiger partial charge in [0.1, 0.15) is 17.3 Å². The third-order valence-electron chi connectivity index (χ3n) is 3.32. The van der Waals surface area contributed by atoms with E-state index in [2.05, 4.69) is 44.5 Å². The van der Waals surface area contributed by atoms with Gasteiger partial charge in [-0.2, -0.15) is 10.1 Å². The van der Waals surface area contributed by atoms with E-state index in [1.165, 1.54) is 12.1 Å². The highest BCUT2D eigenvalue weighted by atomic mass is 19.1. The number of H-pyrrole nitrogens is 2. The molecule has 0 saturated heterocycles. The Balaban J connectivity index is 1.69. The minimum absolute atomic E-state index is 0.216. The molecule has 0 spiro atoms. The number of aromatic amines is 2. The SMILES string of the molecule is CC(C)Cc1nc(NC(=O)c2cc(-c3ccc(F)cc3)n[nH]2)n[nH]1. The third-order valence-corrected chi connectivity index (χ3v) is 3.32. The summed E-state index contributed by atoms with van der Waals surface area (Å²) in [6.45, 7) is 4.14. The lowest BCUT2D eigenvalue weighted by atomic mass is 10.1. The van der Waals surface area contributed by atoms with Crippen molar-refractivity contribution in [1.29, 1.82) is 0 Å². The lowest BCUT2D eigenvalue weighted by Gasteiger charge is -1.98. The highest BCUT2D eigenvalue weighted by molar-refractivity contribution is 6.02. The van der Waals surface area contributed by atoms with Crippen LogP contribution in [0.25, 0.3) is 11.3 Å². The number of nitrogens with one attached hydrogen (secondary N) is 3. The first kappa shape index (κ1) is 15.9. The molecular formula is C16H17FN6O. The molecule has 8 heteroatoms. The molecule has 1 amide bonds. The quantitative estimate of drug-likeness (QED) is 0.670. The van der Waals surface area contributed by atoms with Gasteiger partial charge in [-0.25, -0.2) is 4.39 Å². The van der Waals surface area contributed by atoms with E-state index in [1.54, 1.807) is 18.2 Å². The topological polar surface area (TPSA) is 99.3 Å². The largest absolute Gasteiger partial charge is 0.288 e. The zero-order valence-corrected chi connectivity index (χ0v) is 13.3. The van der Waals surface area contributed by atoms with Crippen LogP contribution >= 0.6 is 0 Å². The van der Waals surface area contributed by atoms with Gasteiger partial charge in [0.05, 0.1) is 5.69 Å². The van der Waals surface area contributed by atoms with E-state index in [0.717, 1.165) is 12.2 Å². The smallest absolute Gasteiger partial charge is 0.276 e. The van der Waals surface area contributed by atoms with Gasteiger partial charge >= 0.3 is 0 Å². The maximum absolute atomic E-state index is 12.9. The van der Waals surface area contributed by atoms with Gasteiger partial charge in [-0.3, -0.25) is 20.3 Å². The fraction of sp³-hybridized carbons (Fsp3) is 0.250. The molecule has 2 heterocycles. The summed E-state index contributed by atoms with van der Waals surface area (Å²) in [5.41, 5.74) is 1.53. The van der Waals surface area contributed by atoms with E-state index >= 15 is 0 Å². The van der Waals surface area contributed by atoms with Crippen LogP contribution in [0.5, 0.6) is 0 Å². The van der Waals surface area contributed by atoms with Crippen molar-refractivity contribution in [3.63, 3.8) is 0 Å². The summed E-state index contributed by atoms with van der Waals surface area (Å²) in [4.78, 5) is 16.4. The molecular weight excluding hydrogens is 311 g/mol. The average Bonchev–Trinajstić information content (AvgIpc) is 3.17. The normalized spacial score (nSPS) is 11.0. The molecule has 0 bridgehead atoms. The molecule has 2 aromatic heterocycles. The van der Waals surface area contributed by atoms with Crippen LogP contribution in [0.1, 0.15) is 30.2 Å². The fourth-order valence-corrected chi connectivity index (χ4v) is 2.20. The molecule has 0 unspecified atom stereocenters. The van der Waals surface area contributed by atoms with Crippen molar-refractivity contribution in [2.75, 3.05) is 5.32 Å². The predicted octanol–water partition coefficient (Wildman–Crippen LogP) is 2.78. The van der Waals surface area contributed by atoms with Crippen molar-refractivity contribution in [2.45, 2.75) is 20.3 Å². The van der Waals surface area contributed by atoms with E-state index in [-0.39, 0.29) is 17.5 Å². The van der Waals surface area contributed by atoms with Crippen molar-refractivity contribution in [3.05, 3.63) is 47.7 Å². The maximum Gasteiger partial charge on any atom is 0.276 e. The zero-order valence-electron chi connectivity index (χ0n) is 13.3. The molecule has 0 atom stereocenters. The van der Waals surface area contributed by atoms with Gasteiger partial charge in [0.2, 0.25) is 5.95 Å². The molecule has 124 valence electrons. The molecule has 7 nitrogen and oxygen atoms in total. The van der Waals surface area contributed by atoms with Gasteiger partial charge in [0.15, 0.2) is 0 Å². The summed E-state index contributed by atoms with van der Waals surface area (Å²) in [6.07, 6.45) is 0.752. The Bertz CT molecular complexity index is 836. The Morgan fingerprint density at radius 3 is 2.67 bits per heavy atom. The Labute approximate surface area is 137 Å². The van der Waals surface area contributed by atoms with Gasteiger partial charge < -0.3 is 0 Å². The third kappa shape index (κ3) is 3.65. The second kappa shape index (κ2) is 6.61. The second-order valence-corrected chi connectivity index (χ2v) is 5.83. The minimum Gasteiger partial charge on any atom is -0.288 e. The highest BCUT2D eigenvalue weighted by Crippen LogP contribution is 2.18. The Morgan fingerprint density at radius 2 is 1.96 bits per heavy atom. The molecule has 0 radical (unpaired) electrons. The van der Waals surface area contributed by atoms with E-state index in [0.29, 0.717) is 17.2 Å². The maximum atomic E-state index is 12.9. The molecule has 24 heavy (non-hydrogen) atoms. The molecule has 3 aromatic rings. The standard InChI is InChI=1S/C16H17FN6O/c1-9(2)7-14-18-16(23-22-14)19-15(24)13-8-12(20-21-13)10-3-5-11(17)6-4-10/h3-6,8-9H,7H2,1-2H3,(H,20,21)(H2,18,19,22,23,24). The Kier molecular flexibility index (Phi) is 4.37. The molecule has 0 aliphatic heterocycles. The minimum atomic E-state index is -0.397. The van der Waals surface area contributed by atoms with Crippen molar-refractivity contribution in [1.82, 2.24) is 25.4 Å². The summed E-state index contributed by atoms with van der Waals surface area (Å²) in [7, 11) is 0. The van der Waals surface area contributed by atoms with E-state index < -0.39 is 5.91 Å². The second-order valence-electron chi connectivity index (χ2n) is 5.83. The van der Waals surface area contributed by atoms with E-state index in [1.807, 2.05) is 0 Å². The van der Waals surface area contributed by atoms with E-state index in [4.69, 9.17) is 0 Å². The van der Waals surface area contributed by atoms with Crippen LogP contribution in [0, 0.1) is 11.7 Å². The lowest BCUT2D eigenvalue weighted by Crippen LogP contribution is -2.13. The zero-order chi connectivity index (χ0) is 17.1.